The fraction of sp³-hybridized carbons (Fsp3) is 0.529. The van der Waals surface area contributed by atoms with Crippen molar-refractivity contribution >= 4 is 5.91 Å². The minimum Gasteiger partial charge on any atom is -0.465 e. The number of hydrogen-bond donors (Lipinski definition) is 1. The van der Waals surface area contributed by atoms with Crippen molar-refractivity contribution in [3.8, 4) is 0 Å². The molecule has 24 heavy (non-hydrogen) atoms. The molecule has 0 spiro atoms. The van der Waals surface area contributed by atoms with Gasteiger partial charge in [-0.25, -0.2) is 0 Å². The minimum absolute atomic E-state index is 0.0105. The molecule has 1 N–H and O–H groups in total. The number of aromatic nitrogens is 2. The Morgan fingerprint density at radius 3 is 2.79 bits per heavy atom. The van der Waals surface area contributed by atoms with E-state index in [2.05, 4.69) is 15.3 Å². The molecule has 0 saturated carbocycles. The number of nitrogens with zero attached hydrogens (tertiary/aromatic N) is 3. The first kappa shape index (κ1) is 16.7. The Bertz CT molecular complexity index is 647. The number of ether oxygens (including phenoxy) is 1. The lowest BCUT2D eigenvalue weighted by Gasteiger charge is -2.33. The molecule has 1 fully saturated rings. The number of carbonyl (C=O) groups is 1. The van der Waals surface area contributed by atoms with E-state index in [0.29, 0.717) is 19.8 Å². The van der Waals surface area contributed by atoms with Crippen LogP contribution in [0.1, 0.15) is 30.5 Å². The van der Waals surface area contributed by atoms with Crippen molar-refractivity contribution in [3.63, 3.8) is 0 Å². The third-order valence-corrected chi connectivity index (χ3v) is 4.35. The number of rotatable bonds is 6. The van der Waals surface area contributed by atoms with Gasteiger partial charge in [0.25, 0.3) is 0 Å². The zero-order valence-electron chi connectivity index (χ0n) is 14.1. The molecule has 130 valence electrons. The van der Waals surface area contributed by atoms with Gasteiger partial charge in [-0.15, -0.1) is 0 Å². The minimum atomic E-state index is -0.344. The maximum atomic E-state index is 12.4. The Kier molecular flexibility index (Phi) is 5.32. The number of nitrogens with one attached hydrogen (secondary N) is 1. The summed E-state index contributed by atoms with van der Waals surface area (Å²) in [6.45, 7) is 7.32. The van der Waals surface area contributed by atoms with Crippen LogP contribution < -0.4 is 5.32 Å². The molecule has 7 heteroatoms. The molecule has 1 aliphatic rings. The number of morpholine rings is 1. The maximum absolute atomic E-state index is 12.4. The van der Waals surface area contributed by atoms with Crippen LogP contribution in [0.15, 0.2) is 35.0 Å². The summed E-state index contributed by atoms with van der Waals surface area (Å²) >= 11 is 0. The number of aryl methyl sites for hydroxylation is 1. The van der Waals surface area contributed by atoms with Crippen LogP contribution in [-0.4, -0.2) is 53.4 Å². The average molecular weight is 332 g/mol. The lowest BCUT2D eigenvalue weighted by Crippen LogP contribution is -2.44. The fourth-order valence-corrected chi connectivity index (χ4v) is 2.91. The standard InChI is InChI=1S/C17H24N4O3/c1-13-4-5-16(24-13)15(20-8-10-23-11-9-20)12-18-17(22)14(2)21-7-3-6-19-21/h3-7,14-15H,8-12H2,1-2H3,(H,18,22)/t14-,15+/m0/s1. The molecule has 1 aliphatic heterocycles. The lowest BCUT2D eigenvalue weighted by molar-refractivity contribution is -0.124. The summed E-state index contributed by atoms with van der Waals surface area (Å²) in [6, 6.07) is 5.42. The molecular formula is C17H24N4O3. The molecule has 0 aliphatic carbocycles. The normalized spacial score (nSPS) is 18.2. The average Bonchev–Trinajstić information content (AvgIpc) is 3.27. The zero-order chi connectivity index (χ0) is 16.9. The monoisotopic (exact) mass is 332 g/mol. The Balaban J connectivity index is 1.66. The zero-order valence-corrected chi connectivity index (χ0v) is 14.1. The molecule has 3 heterocycles. The Morgan fingerprint density at radius 2 is 2.17 bits per heavy atom. The maximum Gasteiger partial charge on any atom is 0.244 e. The summed E-state index contributed by atoms with van der Waals surface area (Å²) < 4.78 is 12.9. The van der Waals surface area contributed by atoms with Crippen molar-refractivity contribution in [1.29, 1.82) is 0 Å². The van der Waals surface area contributed by atoms with Gasteiger partial charge >= 0.3 is 0 Å². The predicted octanol–water partition coefficient (Wildman–Crippen LogP) is 1.54. The van der Waals surface area contributed by atoms with Crippen molar-refractivity contribution in [2.75, 3.05) is 32.8 Å². The Labute approximate surface area is 141 Å². The highest BCUT2D eigenvalue weighted by Gasteiger charge is 2.26. The van der Waals surface area contributed by atoms with Crippen LogP contribution in [-0.2, 0) is 9.53 Å². The van der Waals surface area contributed by atoms with Gasteiger partial charge in [0.2, 0.25) is 5.91 Å². The van der Waals surface area contributed by atoms with E-state index in [4.69, 9.17) is 9.15 Å². The van der Waals surface area contributed by atoms with Gasteiger partial charge < -0.3 is 14.5 Å². The van der Waals surface area contributed by atoms with Gasteiger partial charge in [-0.1, -0.05) is 0 Å². The molecule has 1 saturated heterocycles. The van der Waals surface area contributed by atoms with E-state index in [-0.39, 0.29) is 18.0 Å². The third-order valence-electron chi connectivity index (χ3n) is 4.35. The van der Waals surface area contributed by atoms with Gasteiger partial charge in [0.15, 0.2) is 0 Å². The highest BCUT2D eigenvalue weighted by molar-refractivity contribution is 5.79. The van der Waals surface area contributed by atoms with Gasteiger partial charge in [0.1, 0.15) is 17.6 Å². The van der Waals surface area contributed by atoms with Crippen LogP contribution in [0, 0.1) is 6.92 Å². The molecule has 2 aromatic heterocycles. The van der Waals surface area contributed by atoms with Gasteiger partial charge in [-0.3, -0.25) is 14.4 Å². The highest BCUT2D eigenvalue weighted by atomic mass is 16.5. The van der Waals surface area contributed by atoms with Crippen molar-refractivity contribution in [1.82, 2.24) is 20.0 Å². The van der Waals surface area contributed by atoms with E-state index >= 15 is 0 Å². The third kappa shape index (κ3) is 3.85. The van der Waals surface area contributed by atoms with Crippen LogP contribution >= 0.6 is 0 Å². The van der Waals surface area contributed by atoms with Gasteiger partial charge in [0, 0.05) is 32.0 Å². The Morgan fingerprint density at radius 1 is 1.38 bits per heavy atom. The van der Waals surface area contributed by atoms with E-state index in [1.165, 1.54) is 0 Å². The summed E-state index contributed by atoms with van der Waals surface area (Å²) in [7, 11) is 0. The predicted molar refractivity (Wildman–Crippen MR) is 88.5 cm³/mol. The van der Waals surface area contributed by atoms with Crippen LogP contribution in [0.5, 0.6) is 0 Å². The number of furan rings is 1. The second kappa shape index (κ2) is 7.63. The second-order valence-corrected chi connectivity index (χ2v) is 6.02. The molecule has 2 aromatic rings. The van der Waals surface area contributed by atoms with E-state index in [1.807, 2.05) is 32.0 Å². The first-order valence-corrected chi connectivity index (χ1v) is 8.30. The van der Waals surface area contributed by atoms with Crippen LogP contribution in [0.2, 0.25) is 0 Å². The summed E-state index contributed by atoms with van der Waals surface area (Å²) in [6.07, 6.45) is 3.46. The van der Waals surface area contributed by atoms with Gasteiger partial charge in [-0.2, -0.15) is 5.10 Å². The van der Waals surface area contributed by atoms with Crippen molar-refractivity contribution in [2.24, 2.45) is 0 Å². The first-order valence-electron chi connectivity index (χ1n) is 8.30. The van der Waals surface area contributed by atoms with E-state index in [9.17, 15) is 4.79 Å². The van der Waals surface area contributed by atoms with E-state index in [0.717, 1.165) is 24.6 Å². The first-order chi connectivity index (χ1) is 11.6. The molecule has 1 amide bonds. The Hall–Kier alpha value is -2.12. The second-order valence-electron chi connectivity index (χ2n) is 6.02. The summed E-state index contributed by atoms with van der Waals surface area (Å²) in [4.78, 5) is 14.7. The topological polar surface area (TPSA) is 72.5 Å². The molecule has 7 nitrogen and oxygen atoms in total. The van der Waals surface area contributed by atoms with Crippen LogP contribution in [0.25, 0.3) is 0 Å². The summed E-state index contributed by atoms with van der Waals surface area (Å²) in [5.41, 5.74) is 0. The van der Waals surface area contributed by atoms with Crippen LogP contribution in [0.3, 0.4) is 0 Å². The van der Waals surface area contributed by atoms with Crippen molar-refractivity contribution in [3.05, 3.63) is 42.1 Å². The van der Waals surface area contributed by atoms with Crippen LogP contribution in [0.4, 0.5) is 0 Å². The molecule has 0 bridgehead atoms. The van der Waals surface area contributed by atoms with Gasteiger partial charge in [0.05, 0.1) is 19.3 Å². The van der Waals surface area contributed by atoms with Crippen molar-refractivity contribution in [2.45, 2.75) is 25.9 Å². The van der Waals surface area contributed by atoms with E-state index in [1.54, 1.807) is 17.1 Å². The van der Waals surface area contributed by atoms with E-state index < -0.39 is 0 Å². The number of carbonyl (C=O) groups excluding carboxylic acids is 1. The quantitative estimate of drug-likeness (QED) is 0.869. The molecule has 0 radical (unpaired) electrons. The highest BCUT2D eigenvalue weighted by Crippen LogP contribution is 2.23. The van der Waals surface area contributed by atoms with Gasteiger partial charge in [-0.05, 0) is 32.0 Å². The molecule has 2 atom stereocenters. The van der Waals surface area contributed by atoms with Crippen molar-refractivity contribution < 1.29 is 13.9 Å². The summed E-state index contributed by atoms with van der Waals surface area (Å²) in [5, 5.41) is 7.16. The lowest BCUT2D eigenvalue weighted by atomic mass is 10.1. The fourth-order valence-electron chi connectivity index (χ4n) is 2.91. The number of hydrogen-bond acceptors (Lipinski definition) is 5. The largest absolute Gasteiger partial charge is 0.465 e. The molecular weight excluding hydrogens is 308 g/mol. The molecule has 3 rings (SSSR count). The summed E-state index contributed by atoms with van der Waals surface area (Å²) in [5.74, 6) is 1.70. The SMILES string of the molecule is Cc1ccc([C@@H](CNC(=O)[C@H](C)n2cccn2)N2CCOCC2)o1. The molecule has 0 aromatic carbocycles. The number of amides is 1. The molecule has 0 unspecified atom stereocenters. The smallest absolute Gasteiger partial charge is 0.244 e.